The molecule has 1 aromatic rings. The first-order valence-corrected chi connectivity index (χ1v) is 4.76. The molecular formula is C10H15N3. The van der Waals surface area contributed by atoms with Crippen LogP contribution >= 0.6 is 0 Å². The van der Waals surface area contributed by atoms with Crippen LogP contribution < -0.4 is 11.1 Å². The lowest BCUT2D eigenvalue weighted by Crippen LogP contribution is -2.38. The van der Waals surface area contributed by atoms with Gasteiger partial charge in [-0.3, -0.25) is 4.98 Å². The lowest BCUT2D eigenvalue weighted by atomic mass is 9.98. The average molecular weight is 177 g/mol. The van der Waals surface area contributed by atoms with Crippen LogP contribution in [0.25, 0.3) is 0 Å². The third kappa shape index (κ3) is 2.05. The van der Waals surface area contributed by atoms with Gasteiger partial charge >= 0.3 is 0 Å². The van der Waals surface area contributed by atoms with Crippen LogP contribution in [0.5, 0.6) is 0 Å². The van der Waals surface area contributed by atoms with Gasteiger partial charge in [-0.25, -0.2) is 0 Å². The Balaban J connectivity index is 2.08. The molecule has 1 aromatic heterocycles. The monoisotopic (exact) mass is 177 g/mol. The normalized spacial score (nSPS) is 28.7. The summed E-state index contributed by atoms with van der Waals surface area (Å²) in [6.07, 6.45) is 3.90. The molecule has 0 amide bonds. The highest BCUT2D eigenvalue weighted by atomic mass is 15.0. The van der Waals surface area contributed by atoms with E-state index >= 15 is 0 Å². The average Bonchev–Trinajstić information content (AvgIpc) is 2.19. The van der Waals surface area contributed by atoms with Gasteiger partial charge in [0.15, 0.2) is 0 Å². The number of aromatic nitrogens is 1. The van der Waals surface area contributed by atoms with Gasteiger partial charge in [0.25, 0.3) is 0 Å². The van der Waals surface area contributed by atoms with Crippen molar-refractivity contribution >= 4 is 0 Å². The van der Waals surface area contributed by atoms with Crippen molar-refractivity contribution in [2.45, 2.75) is 24.9 Å². The third-order valence-corrected chi connectivity index (χ3v) is 2.49. The molecule has 1 saturated heterocycles. The van der Waals surface area contributed by atoms with E-state index in [0.29, 0.717) is 12.1 Å². The number of nitrogens with two attached hydrogens (primary N) is 1. The zero-order valence-electron chi connectivity index (χ0n) is 7.61. The summed E-state index contributed by atoms with van der Waals surface area (Å²) in [6, 6.07) is 6.68. The fourth-order valence-electron chi connectivity index (χ4n) is 1.75. The number of hydrogen-bond acceptors (Lipinski definition) is 3. The van der Waals surface area contributed by atoms with E-state index in [4.69, 9.17) is 5.73 Å². The van der Waals surface area contributed by atoms with Gasteiger partial charge in [-0.05, 0) is 31.5 Å². The molecule has 1 fully saturated rings. The molecule has 3 nitrogen and oxygen atoms in total. The highest BCUT2D eigenvalue weighted by Crippen LogP contribution is 2.19. The molecule has 3 N–H and O–H groups in total. The molecule has 0 saturated carbocycles. The van der Waals surface area contributed by atoms with Crippen molar-refractivity contribution in [2.24, 2.45) is 5.73 Å². The number of piperidine rings is 1. The smallest absolute Gasteiger partial charge is 0.0573 e. The van der Waals surface area contributed by atoms with E-state index < -0.39 is 0 Å². The quantitative estimate of drug-likeness (QED) is 0.668. The molecule has 13 heavy (non-hydrogen) atoms. The summed E-state index contributed by atoms with van der Waals surface area (Å²) in [5, 5.41) is 3.42. The van der Waals surface area contributed by atoms with E-state index in [0.717, 1.165) is 25.1 Å². The first kappa shape index (κ1) is 8.66. The predicted molar refractivity (Wildman–Crippen MR) is 52.2 cm³/mol. The molecule has 0 bridgehead atoms. The summed E-state index contributed by atoms with van der Waals surface area (Å²) in [5.41, 5.74) is 7.00. The minimum atomic E-state index is 0.327. The van der Waals surface area contributed by atoms with Crippen molar-refractivity contribution in [3.05, 3.63) is 30.1 Å². The number of hydrogen-bond donors (Lipinski definition) is 2. The van der Waals surface area contributed by atoms with Crippen LogP contribution in [0.4, 0.5) is 0 Å². The summed E-state index contributed by atoms with van der Waals surface area (Å²) in [4.78, 5) is 4.32. The molecule has 2 atom stereocenters. The second-order valence-electron chi connectivity index (χ2n) is 3.55. The number of pyridine rings is 1. The first-order valence-electron chi connectivity index (χ1n) is 4.76. The van der Waals surface area contributed by atoms with E-state index in [9.17, 15) is 0 Å². The Bertz CT molecular complexity index is 260. The van der Waals surface area contributed by atoms with Crippen LogP contribution in [0.15, 0.2) is 24.4 Å². The van der Waals surface area contributed by atoms with Crippen molar-refractivity contribution < 1.29 is 0 Å². The maximum Gasteiger partial charge on any atom is 0.0573 e. The van der Waals surface area contributed by atoms with Gasteiger partial charge in [0.2, 0.25) is 0 Å². The van der Waals surface area contributed by atoms with Crippen LogP contribution in [0.1, 0.15) is 24.6 Å². The lowest BCUT2D eigenvalue weighted by Gasteiger charge is -2.27. The molecule has 1 aliphatic rings. The molecule has 0 aliphatic carbocycles. The van der Waals surface area contributed by atoms with Gasteiger partial charge in [0.1, 0.15) is 0 Å². The summed E-state index contributed by atoms with van der Waals surface area (Å²) in [7, 11) is 0. The molecule has 3 heteroatoms. The Hall–Kier alpha value is -0.930. The second kappa shape index (κ2) is 3.85. The molecule has 0 radical (unpaired) electrons. The standard InChI is InChI=1S/C10H15N3/c11-8-4-6-13-10(7-8)9-3-1-2-5-12-9/h1-3,5,8,10,13H,4,6-7,11H2. The first-order chi connectivity index (χ1) is 6.36. The van der Waals surface area contributed by atoms with Crippen molar-refractivity contribution in [3.8, 4) is 0 Å². The Labute approximate surface area is 78.4 Å². The van der Waals surface area contributed by atoms with Crippen molar-refractivity contribution in [1.82, 2.24) is 10.3 Å². The highest BCUT2D eigenvalue weighted by molar-refractivity contribution is 5.09. The lowest BCUT2D eigenvalue weighted by molar-refractivity contribution is 0.364. The van der Waals surface area contributed by atoms with E-state index in [1.54, 1.807) is 0 Å². The van der Waals surface area contributed by atoms with Crippen LogP contribution in [-0.2, 0) is 0 Å². The van der Waals surface area contributed by atoms with Crippen LogP contribution in [0.3, 0.4) is 0 Å². The Morgan fingerprint density at radius 3 is 3.08 bits per heavy atom. The molecule has 2 heterocycles. The minimum Gasteiger partial charge on any atom is -0.328 e. The Morgan fingerprint density at radius 2 is 2.38 bits per heavy atom. The fraction of sp³-hybridized carbons (Fsp3) is 0.500. The summed E-state index contributed by atoms with van der Waals surface area (Å²) < 4.78 is 0. The van der Waals surface area contributed by atoms with Gasteiger partial charge in [-0.2, -0.15) is 0 Å². The van der Waals surface area contributed by atoms with Gasteiger partial charge < -0.3 is 11.1 Å². The SMILES string of the molecule is NC1CCNC(c2ccccn2)C1. The van der Waals surface area contributed by atoms with E-state index in [2.05, 4.69) is 16.4 Å². The summed E-state index contributed by atoms with van der Waals surface area (Å²) >= 11 is 0. The number of nitrogens with one attached hydrogen (secondary N) is 1. The minimum absolute atomic E-state index is 0.327. The highest BCUT2D eigenvalue weighted by Gasteiger charge is 2.20. The van der Waals surface area contributed by atoms with E-state index in [-0.39, 0.29) is 0 Å². The van der Waals surface area contributed by atoms with E-state index in [1.165, 1.54) is 0 Å². The van der Waals surface area contributed by atoms with Gasteiger partial charge in [0, 0.05) is 12.2 Å². The number of rotatable bonds is 1. The largest absolute Gasteiger partial charge is 0.328 e. The van der Waals surface area contributed by atoms with Gasteiger partial charge in [-0.15, -0.1) is 0 Å². The van der Waals surface area contributed by atoms with Crippen LogP contribution in [0.2, 0.25) is 0 Å². The van der Waals surface area contributed by atoms with Crippen LogP contribution in [-0.4, -0.2) is 17.6 Å². The molecular weight excluding hydrogens is 162 g/mol. The molecule has 2 rings (SSSR count). The maximum atomic E-state index is 5.89. The molecule has 0 aromatic carbocycles. The Kier molecular flexibility index (Phi) is 2.57. The molecule has 1 aliphatic heterocycles. The summed E-state index contributed by atoms with van der Waals surface area (Å²) in [6.45, 7) is 1.00. The van der Waals surface area contributed by atoms with Crippen molar-refractivity contribution in [2.75, 3.05) is 6.54 Å². The number of nitrogens with zero attached hydrogens (tertiary/aromatic N) is 1. The zero-order valence-corrected chi connectivity index (χ0v) is 7.61. The molecule has 70 valence electrons. The van der Waals surface area contributed by atoms with Crippen molar-refractivity contribution in [3.63, 3.8) is 0 Å². The van der Waals surface area contributed by atoms with Gasteiger partial charge in [-0.1, -0.05) is 6.07 Å². The molecule has 0 spiro atoms. The topological polar surface area (TPSA) is 50.9 Å². The Morgan fingerprint density at radius 1 is 1.46 bits per heavy atom. The van der Waals surface area contributed by atoms with Crippen molar-refractivity contribution in [1.29, 1.82) is 0 Å². The summed E-state index contributed by atoms with van der Waals surface area (Å²) in [5.74, 6) is 0. The molecule has 2 unspecified atom stereocenters. The second-order valence-corrected chi connectivity index (χ2v) is 3.55. The fourth-order valence-corrected chi connectivity index (χ4v) is 1.75. The van der Waals surface area contributed by atoms with Crippen LogP contribution in [0, 0.1) is 0 Å². The predicted octanol–water partition coefficient (Wildman–Crippen LogP) is 0.833. The van der Waals surface area contributed by atoms with E-state index in [1.807, 2.05) is 18.3 Å². The van der Waals surface area contributed by atoms with Gasteiger partial charge in [0.05, 0.1) is 11.7 Å². The third-order valence-electron chi connectivity index (χ3n) is 2.49. The maximum absolute atomic E-state index is 5.89. The zero-order chi connectivity index (χ0) is 9.10.